The second-order valence-electron chi connectivity index (χ2n) is 24.6. The number of fused-ring (bicyclic) bond motifs is 2. The molecule has 4 aliphatic carbocycles. The minimum atomic E-state index is -5.19. The molecule has 0 N–H and O–H groups in total. The number of benzene rings is 4. The van der Waals surface area contributed by atoms with Crippen LogP contribution in [-0.2, 0) is 15.6 Å². The zero-order chi connectivity index (χ0) is 47.1. The molecule has 4 aromatic rings. The van der Waals surface area contributed by atoms with Crippen LogP contribution in [0.15, 0.2) is 96.1 Å². The molecule has 8 rings (SSSR count). The fourth-order valence-electron chi connectivity index (χ4n) is 14.1. The van der Waals surface area contributed by atoms with Gasteiger partial charge in [-0.05, 0) is 0 Å². The van der Waals surface area contributed by atoms with E-state index in [0.29, 0.717) is 10.8 Å². The van der Waals surface area contributed by atoms with Gasteiger partial charge in [0.1, 0.15) is 0 Å². The molecule has 4 aliphatic rings. The first-order valence-electron chi connectivity index (χ1n) is 26.8. The minimum absolute atomic E-state index is 0.102. The standard InChI is InChI=1S/2C29H39Si.C2H7Si.2ClH.Zr/c2*1-5-17-29(18-8-6-7-9-19-29)22-23-20-25-11-10-12-27(28(25)21-23)24-13-15-26(16-14-24)30(2,3)4;1-3-2;;;/h2*10-16,20-21H,5-9,17-19,22H2,1-4H3;3H,1-2H3;2*1H;/q;;;;;+2/p-2. The number of hydrogen-bond donors (Lipinski definition) is 0. The van der Waals surface area contributed by atoms with Gasteiger partial charge in [-0.3, -0.25) is 0 Å². The fourth-order valence-corrected chi connectivity index (χ4v) is 47.7. The number of rotatable bonds is 15. The second-order valence-corrected chi connectivity index (χ2v) is 77.3. The molecule has 0 radical (unpaired) electrons. The topological polar surface area (TPSA) is 0 Å². The molecule has 2 saturated carbocycles. The van der Waals surface area contributed by atoms with Crippen LogP contribution in [0.4, 0.5) is 0 Å². The third kappa shape index (κ3) is 9.89. The summed E-state index contributed by atoms with van der Waals surface area (Å²) in [5, 5.41) is 3.04. The molecule has 2 atom stereocenters. The summed E-state index contributed by atoms with van der Waals surface area (Å²) in [4.78, 5) is 0. The maximum atomic E-state index is 9.43. The zero-order valence-electron chi connectivity index (χ0n) is 43.0. The first-order chi connectivity index (χ1) is 31.3. The summed E-state index contributed by atoms with van der Waals surface area (Å²) in [6.07, 6.45) is 29.0. The van der Waals surface area contributed by atoms with Gasteiger partial charge < -0.3 is 0 Å². The summed E-state index contributed by atoms with van der Waals surface area (Å²) in [7, 11) is 16.0. The maximum absolute atomic E-state index is 9.43. The molecule has 0 aliphatic heterocycles. The van der Waals surface area contributed by atoms with Crippen molar-refractivity contribution < 1.29 is 15.6 Å². The first kappa shape index (κ1) is 50.8. The van der Waals surface area contributed by atoms with Crippen LogP contribution < -0.4 is 10.4 Å². The van der Waals surface area contributed by atoms with E-state index in [9.17, 15) is 17.0 Å². The molecule has 6 heteroatoms. The Morgan fingerprint density at radius 2 is 0.864 bits per heavy atom. The molecule has 355 valence electrons. The van der Waals surface area contributed by atoms with Gasteiger partial charge in [-0.1, -0.05) is 0 Å². The van der Waals surface area contributed by atoms with E-state index >= 15 is 0 Å². The average Bonchev–Trinajstić information content (AvgIpc) is 3.64. The van der Waals surface area contributed by atoms with Gasteiger partial charge >= 0.3 is 418 Å². The molecule has 0 amide bonds. The Hall–Kier alpha value is -1.53. The van der Waals surface area contributed by atoms with E-state index in [1.54, 1.807) is 11.1 Å². The molecular formula is C60H85Cl2Si3Zr. The second kappa shape index (κ2) is 19.9. The molecule has 0 spiro atoms. The summed E-state index contributed by atoms with van der Waals surface area (Å²) < 4.78 is 0.204. The monoisotopic (exact) mass is 1050 g/mol. The van der Waals surface area contributed by atoms with Crippen molar-refractivity contribution in [1.82, 2.24) is 0 Å². The molecule has 0 nitrogen and oxygen atoms in total. The van der Waals surface area contributed by atoms with E-state index in [0.717, 1.165) is 12.8 Å². The van der Waals surface area contributed by atoms with Crippen molar-refractivity contribution in [1.29, 1.82) is 0 Å². The van der Waals surface area contributed by atoms with Gasteiger partial charge in [-0.2, -0.15) is 0 Å². The van der Waals surface area contributed by atoms with E-state index in [2.05, 4.69) is 163 Å². The van der Waals surface area contributed by atoms with E-state index in [1.165, 1.54) is 158 Å². The number of hydrogen-bond acceptors (Lipinski definition) is 0. The van der Waals surface area contributed by atoms with Crippen molar-refractivity contribution in [2.75, 3.05) is 0 Å². The normalized spacial score (nSPS) is 21.6. The van der Waals surface area contributed by atoms with Crippen LogP contribution >= 0.6 is 17.0 Å². The van der Waals surface area contributed by atoms with Crippen molar-refractivity contribution in [3.63, 3.8) is 0 Å². The molecule has 2 unspecified atom stereocenters. The Balaban J connectivity index is 1.37. The summed E-state index contributed by atoms with van der Waals surface area (Å²) in [5.74, 6) is -1.79. The Morgan fingerprint density at radius 1 is 0.515 bits per heavy atom. The molecule has 0 saturated heterocycles. The van der Waals surface area contributed by atoms with Crippen molar-refractivity contribution >= 4 is 61.6 Å². The van der Waals surface area contributed by atoms with Gasteiger partial charge in [-0.25, -0.2) is 0 Å². The third-order valence-corrected chi connectivity index (χ3v) is 73.7. The molecule has 0 heterocycles. The van der Waals surface area contributed by atoms with Crippen LogP contribution in [0.1, 0.15) is 159 Å². The van der Waals surface area contributed by atoms with Crippen molar-refractivity contribution in [3.05, 3.63) is 118 Å². The predicted octanol–water partition coefficient (Wildman–Crippen LogP) is 18.7. The van der Waals surface area contributed by atoms with Crippen LogP contribution in [-0.4, -0.2) is 22.1 Å². The Kier molecular flexibility index (Phi) is 15.4. The zero-order valence-corrected chi connectivity index (χ0v) is 50.1. The molecule has 66 heavy (non-hydrogen) atoms. The van der Waals surface area contributed by atoms with Crippen LogP contribution in [0.25, 0.3) is 34.4 Å². The van der Waals surface area contributed by atoms with E-state index < -0.39 is 37.6 Å². The summed E-state index contributed by atoms with van der Waals surface area (Å²) in [6, 6.07) is 33.9. The summed E-state index contributed by atoms with van der Waals surface area (Å²) in [5.41, 5.74) is 14.9. The Morgan fingerprint density at radius 3 is 1.17 bits per heavy atom. The SMILES string of the molecule is CCCC1(CC2=Cc3c(-c4ccc([Si](C)(C)C)cc4)cccc3[CH]2[Zr]([Cl])([Cl])([CH]2C(CC3(CCC)CCCCCC3)=Cc3c(-c4ccc([Si](C)(C)C)cc4)cccc32)[SiH](C)C)CCCCCC1. The third-order valence-electron chi connectivity index (χ3n) is 17.7. The average molecular weight is 1050 g/mol. The van der Waals surface area contributed by atoms with E-state index in [1.807, 2.05) is 0 Å². The van der Waals surface area contributed by atoms with Crippen molar-refractivity contribution in [2.45, 2.75) is 189 Å². The molecule has 4 aromatic carbocycles. The van der Waals surface area contributed by atoms with Gasteiger partial charge in [-0.15, -0.1) is 0 Å². The van der Waals surface area contributed by atoms with Crippen molar-refractivity contribution in [2.24, 2.45) is 10.8 Å². The van der Waals surface area contributed by atoms with Gasteiger partial charge in [0.15, 0.2) is 0 Å². The van der Waals surface area contributed by atoms with Crippen LogP contribution in [0.5, 0.6) is 0 Å². The quantitative estimate of drug-likeness (QED) is 0.0822. The van der Waals surface area contributed by atoms with Gasteiger partial charge in [0.2, 0.25) is 0 Å². The predicted molar refractivity (Wildman–Crippen MR) is 301 cm³/mol. The molecule has 2 fully saturated rings. The first-order valence-corrected chi connectivity index (χ1v) is 50.1. The molecular weight excluding hydrogens is 967 g/mol. The van der Waals surface area contributed by atoms with Crippen LogP contribution in [0.3, 0.4) is 0 Å². The van der Waals surface area contributed by atoms with Gasteiger partial charge in [0, 0.05) is 0 Å². The van der Waals surface area contributed by atoms with Crippen molar-refractivity contribution in [3.8, 4) is 22.3 Å². The Labute approximate surface area is 414 Å². The summed E-state index contributed by atoms with van der Waals surface area (Å²) in [6.45, 7) is 24.8. The molecule has 0 aromatic heterocycles. The number of halogens is 2. The van der Waals surface area contributed by atoms with Crippen LogP contribution in [0.2, 0.25) is 52.4 Å². The van der Waals surface area contributed by atoms with Crippen LogP contribution in [0, 0.1) is 10.8 Å². The molecule has 0 bridgehead atoms. The Bertz CT molecular complexity index is 2230. The van der Waals surface area contributed by atoms with E-state index in [4.69, 9.17) is 0 Å². The van der Waals surface area contributed by atoms with E-state index in [-0.39, 0.29) is 7.25 Å². The van der Waals surface area contributed by atoms with Gasteiger partial charge in [0.05, 0.1) is 0 Å². The fraction of sp³-hybridized carbons (Fsp3) is 0.533. The number of allylic oxidation sites excluding steroid dienone is 2. The van der Waals surface area contributed by atoms with Gasteiger partial charge in [0.25, 0.3) is 0 Å². The summed E-state index contributed by atoms with van der Waals surface area (Å²) >= 11 is -5.19.